The van der Waals surface area contributed by atoms with Gasteiger partial charge in [-0.05, 0) is 6.92 Å². The van der Waals surface area contributed by atoms with E-state index >= 15 is 0 Å². The van der Waals surface area contributed by atoms with Crippen molar-refractivity contribution in [2.24, 2.45) is 0 Å². The summed E-state index contributed by atoms with van der Waals surface area (Å²) in [5, 5.41) is 0. The highest BCUT2D eigenvalue weighted by Gasteiger charge is 2.51. The second-order valence-electron chi connectivity index (χ2n) is 5.76. The van der Waals surface area contributed by atoms with Crippen LogP contribution in [0.1, 0.15) is 27.7 Å². The lowest BCUT2D eigenvalue weighted by Crippen LogP contribution is -2.59. The molecule has 1 rings (SSSR count). The molecule has 0 aromatic rings. The number of ether oxygens (including phenoxy) is 4. The van der Waals surface area contributed by atoms with E-state index in [1.54, 1.807) is 0 Å². The van der Waals surface area contributed by atoms with Crippen LogP contribution in [0.5, 0.6) is 0 Å². The Morgan fingerprint density at radius 2 is 1.44 bits per heavy atom. The molecule has 0 saturated carbocycles. The molecule has 0 spiro atoms. The Kier molecular flexibility index (Phi) is 7.12. The van der Waals surface area contributed by atoms with E-state index in [4.69, 9.17) is 18.9 Å². The average Bonchev–Trinajstić information content (AvgIpc) is 2.38. The number of rotatable bonds is 6. The Bertz CT molecular complexity index is 652. The molecule has 1 aliphatic rings. The van der Waals surface area contributed by atoms with E-state index in [2.05, 4.69) is 6.58 Å². The zero-order chi connectivity index (χ0) is 19.4. The third kappa shape index (κ3) is 6.13. The molecule has 1 unspecified atom stereocenters. The van der Waals surface area contributed by atoms with E-state index in [-0.39, 0.29) is 6.61 Å². The summed E-state index contributed by atoms with van der Waals surface area (Å²) >= 11 is 0. The highest BCUT2D eigenvalue weighted by atomic mass is 32.2. The number of hydrogen-bond acceptors (Lipinski definition) is 9. The van der Waals surface area contributed by atoms with Gasteiger partial charge in [-0.15, -0.1) is 0 Å². The zero-order valence-corrected chi connectivity index (χ0v) is 15.3. The fraction of sp³-hybridized carbons (Fsp3) is 0.667. The lowest BCUT2D eigenvalue weighted by Gasteiger charge is -2.40. The lowest BCUT2D eigenvalue weighted by molar-refractivity contribution is -0.214. The Balaban J connectivity index is 3.26. The molecule has 1 heterocycles. The quantitative estimate of drug-likeness (QED) is 0.360. The van der Waals surface area contributed by atoms with E-state index in [1.807, 2.05) is 0 Å². The molecule has 10 heteroatoms. The van der Waals surface area contributed by atoms with Crippen LogP contribution in [0, 0.1) is 0 Å². The van der Waals surface area contributed by atoms with E-state index in [1.165, 1.54) is 6.92 Å². The second-order valence-corrected chi connectivity index (χ2v) is 7.84. The molecule has 0 aliphatic carbocycles. The van der Waals surface area contributed by atoms with Gasteiger partial charge in [-0.25, -0.2) is 8.42 Å². The molecule has 142 valence electrons. The van der Waals surface area contributed by atoms with Crippen molar-refractivity contribution in [2.75, 3.05) is 12.4 Å². The molecule has 1 saturated heterocycles. The van der Waals surface area contributed by atoms with Crippen molar-refractivity contribution in [3.05, 3.63) is 12.2 Å². The van der Waals surface area contributed by atoms with Crippen LogP contribution in [0.15, 0.2) is 12.2 Å². The summed E-state index contributed by atoms with van der Waals surface area (Å²) in [6.45, 7) is 8.03. The third-order valence-corrected chi connectivity index (χ3v) is 5.11. The summed E-state index contributed by atoms with van der Waals surface area (Å²) in [4.78, 5) is 34.1. The molecular weight excluding hydrogens is 356 g/mol. The van der Waals surface area contributed by atoms with Gasteiger partial charge in [-0.1, -0.05) is 12.2 Å². The van der Waals surface area contributed by atoms with Crippen molar-refractivity contribution < 1.29 is 41.7 Å². The largest absolute Gasteiger partial charge is 0.456 e. The van der Waals surface area contributed by atoms with Crippen LogP contribution in [-0.4, -0.2) is 62.4 Å². The number of esters is 3. The third-order valence-electron chi connectivity index (χ3n) is 3.11. The Morgan fingerprint density at radius 1 is 0.960 bits per heavy atom. The van der Waals surface area contributed by atoms with Crippen molar-refractivity contribution in [2.45, 2.75) is 51.4 Å². The van der Waals surface area contributed by atoms with Crippen LogP contribution in [0.25, 0.3) is 0 Å². The molecule has 0 aromatic carbocycles. The van der Waals surface area contributed by atoms with Crippen molar-refractivity contribution in [3.63, 3.8) is 0 Å². The van der Waals surface area contributed by atoms with Crippen molar-refractivity contribution >= 4 is 27.7 Å². The van der Waals surface area contributed by atoms with Crippen LogP contribution in [-0.2, 0) is 43.2 Å². The smallest absolute Gasteiger partial charge is 0.303 e. The molecule has 1 aliphatic heterocycles. The van der Waals surface area contributed by atoms with Crippen molar-refractivity contribution in [1.29, 1.82) is 0 Å². The summed E-state index contributed by atoms with van der Waals surface area (Å²) in [5.41, 5.74) is -1.22. The Labute approximate surface area is 146 Å². The van der Waals surface area contributed by atoms with Crippen LogP contribution in [0.3, 0.4) is 0 Å². The van der Waals surface area contributed by atoms with Crippen LogP contribution >= 0.6 is 0 Å². The van der Waals surface area contributed by atoms with Gasteiger partial charge in [0.25, 0.3) is 0 Å². The first-order valence-corrected chi connectivity index (χ1v) is 9.14. The summed E-state index contributed by atoms with van der Waals surface area (Å²) in [6.07, 6.45) is -3.91. The normalized spacial score (nSPS) is 26.4. The maximum Gasteiger partial charge on any atom is 0.303 e. The van der Waals surface area contributed by atoms with E-state index in [0.717, 1.165) is 20.8 Å². The molecule has 9 nitrogen and oxygen atoms in total. The monoisotopic (exact) mass is 378 g/mol. The molecule has 1 fully saturated rings. The van der Waals surface area contributed by atoms with Gasteiger partial charge in [0.1, 0.15) is 0 Å². The number of hydrogen-bond donors (Lipinski definition) is 0. The number of sulfone groups is 1. The summed E-state index contributed by atoms with van der Waals surface area (Å²) in [5.74, 6) is -2.64. The van der Waals surface area contributed by atoms with Gasteiger partial charge in [0, 0.05) is 20.8 Å². The predicted octanol–water partition coefficient (Wildman–Crippen LogP) is 0.129. The zero-order valence-electron chi connectivity index (χ0n) is 14.5. The summed E-state index contributed by atoms with van der Waals surface area (Å²) < 4.78 is 45.5. The van der Waals surface area contributed by atoms with Crippen molar-refractivity contribution in [1.82, 2.24) is 0 Å². The second kappa shape index (κ2) is 8.43. The van der Waals surface area contributed by atoms with E-state index < -0.39 is 57.2 Å². The molecule has 0 radical (unpaired) electrons. The minimum absolute atomic E-state index is 0.338. The SMILES string of the molecule is C=C(C)CS(=O)(=O)C1OC[C@@H](OC(C)=O)[C@@H](OC(C)=O)[C@@H]1OC(C)=O. The summed E-state index contributed by atoms with van der Waals surface area (Å²) in [6, 6.07) is 0. The lowest BCUT2D eigenvalue weighted by atomic mass is 10.1. The van der Waals surface area contributed by atoms with Gasteiger partial charge in [-0.3, -0.25) is 14.4 Å². The topological polar surface area (TPSA) is 122 Å². The molecular formula is C15H22O9S. The Morgan fingerprint density at radius 3 is 1.88 bits per heavy atom. The molecule has 0 aromatic heterocycles. The molecule has 0 N–H and O–H groups in total. The van der Waals surface area contributed by atoms with Gasteiger partial charge in [-0.2, -0.15) is 0 Å². The van der Waals surface area contributed by atoms with Crippen LogP contribution < -0.4 is 0 Å². The van der Waals surface area contributed by atoms with Gasteiger partial charge >= 0.3 is 17.9 Å². The fourth-order valence-electron chi connectivity index (χ4n) is 2.44. The first kappa shape index (κ1) is 21.1. The van der Waals surface area contributed by atoms with E-state index in [0.29, 0.717) is 5.57 Å². The van der Waals surface area contributed by atoms with Gasteiger partial charge in [0.05, 0.1) is 12.4 Å². The maximum absolute atomic E-state index is 12.5. The van der Waals surface area contributed by atoms with Crippen molar-refractivity contribution in [3.8, 4) is 0 Å². The maximum atomic E-state index is 12.5. The highest BCUT2D eigenvalue weighted by Crippen LogP contribution is 2.28. The molecule has 0 bridgehead atoms. The fourth-order valence-corrected chi connectivity index (χ4v) is 4.20. The average molecular weight is 378 g/mol. The van der Waals surface area contributed by atoms with Gasteiger partial charge < -0.3 is 18.9 Å². The first-order chi connectivity index (χ1) is 11.4. The van der Waals surface area contributed by atoms with E-state index in [9.17, 15) is 22.8 Å². The van der Waals surface area contributed by atoms with Gasteiger partial charge in [0.15, 0.2) is 33.6 Å². The van der Waals surface area contributed by atoms with Crippen LogP contribution in [0.2, 0.25) is 0 Å². The predicted molar refractivity (Wildman–Crippen MR) is 85.0 cm³/mol. The highest BCUT2D eigenvalue weighted by molar-refractivity contribution is 7.92. The Hall–Kier alpha value is -1.94. The molecule has 25 heavy (non-hydrogen) atoms. The summed E-state index contributed by atoms with van der Waals surface area (Å²) in [7, 11) is -3.93. The number of carbonyl (C=O) groups is 3. The minimum Gasteiger partial charge on any atom is -0.456 e. The minimum atomic E-state index is -3.93. The first-order valence-electron chi connectivity index (χ1n) is 7.43. The van der Waals surface area contributed by atoms with Crippen LogP contribution in [0.4, 0.5) is 0 Å². The molecule has 4 atom stereocenters. The standard InChI is InChI=1S/C15H22O9S/c1-8(2)7-25(19,20)15-14(24-11(5)18)13(23-10(4)17)12(6-21-15)22-9(3)16/h12-15H,1,6-7H2,2-5H3/t12-,13-,14+,15?/m1/s1. The van der Waals surface area contributed by atoms with Gasteiger partial charge in [0.2, 0.25) is 0 Å². The molecule has 0 amide bonds. The number of carbonyl (C=O) groups excluding carboxylic acids is 3.